The molecule has 1 spiro atoms. The predicted octanol–water partition coefficient (Wildman–Crippen LogP) is 1.83. The standard InChI is InChI=1S/C13H12N2O3S/c16-12(17)8-3-10-9(1-2-19-10)14-11(8)15-4-13(5-15)6-18-7-13/h1-3H,4-7H2,(H,16,17). The van der Waals surface area contributed by atoms with E-state index in [-0.39, 0.29) is 5.41 Å². The molecule has 0 bridgehead atoms. The highest BCUT2D eigenvalue weighted by Gasteiger charge is 2.50. The number of hydrogen-bond acceptors (Lipinski definition) is 5. The molecular formula is C13H12N2O3S. The van der Waals surface area contributed by atoms with Gasteiger partial charge >= 0.3 is 5.97 Å². The lowest BCUT2D eigenvalue weighted by atomic mass is 9.78. The maximum absolute atomic E-state index is 11.4. The number of aromatic carboxylic acids is 1. The molecule has 4 rings (SSSR count). The Balaban J connectivity index is 1.75. The van der Waals surface area contributed by atoms with Gasteiger partial charge in [0.2, 0.25) is 0 Å². The van der Waals surface area contributed by atoms with Crippen LogP contribution in [0.2, 0.25) is 0 Å². The predicted molar refractivity (Wildman–Crippen MR) is 72.0 cm³/mol. The summed E-state index contributed by atoms with van der Waals surface area (Å²) >= 11 is 1.52. The van der Waals surface area contributed by atoms with Crippen molar-refractivity contribution in [3.63, 3.8) is 0 Å². The zero-order valence-electron chi connectivity index (χ0n) is 10.1. The number of nitrogens with zero attached hydrogens (tertiary/aromatic N) is 2. The van der Waals surface area contributed by atoms with Crippen molar-refractivity contribution in [1.29, 1.82) is 0 Å². The highest BCUT2D eigenvalue weighted by molar-refractivity contribution is 7.17. The maximum Gasteiger partial charge on any atom is 0.339 e. The van der Waals surface area contributed by atoms with Crippen LogP contribution >= 0.6 is 11.3 Å². The minimum atomic E-state index is -0.913. The second kappa shape index (κ2) is 3.68. The maximum atomic E-state index is 11.4. The molecule has 0 saturated carbocycles. The molecule has 0 unspecified atom stereocenters. The molecule has 0 atom stereocenters. The van der Waals surface area contributed by atoms with E-state index in [0.29, 0.717) is 11.4 Å². The van der Waals surface area contributed by atoms with Crippen molar-refractivity contribution in [1.82, 2.24) is 4.98 Å². The fourth-order valence-electron chi connectivity index (χ4n) is 2.77. The van der Waals surface area contributed by atoms with Crippen molar-refractivity contribution >= 4 is 33.3 Å². The van der Waals surface area contributed by atoms with Crippen molar-refractivity contribution in [3.8, 4) is 0 Å². The van der Waals surface area contributed by atoms with Crippen LogP contribution in [0.5, 0.6) is 0 Å². The molecule has 2 aliphatic rings. The quantitative estimate of drug-likeness (QED) is 0.906. The van der Waals surface area contributed by atoms with Crippen molar-refractivity contribution in [2.24, 2.45) is 5.41 Å². The summed E-state index contributed by atoms with van der Waals surface area (Å²) in [7, 11) is 0. The number of carboxylic acids is 1. The number of ether oxygens (including phenoxy) is 1. The Morgan fingerprint density at radius 1 is 1.47 bits per heavy atom. The number of aromatic nitrogens is 1. The molecule has 0 aliphatic carbocycles. The van der Waals surface area contributed by atoms with Crippen LogP contribution in [0.3, 0.4) is 0 Å². The molecule has 2 aromatic rings. The Bertz CT molecular complexity index is 670. The third-order valence-electron chi connectivity index (χ3n) is 3.82. The van der Waals surface area contributed by atoms with Crippen molar-refractivity contribution in [3.05, 3.63) is 23.1 Å². The van der Waals surface area contributed by atoms with Gasteiger partial charge in [-0.3, -0.25) is 0 Å². The van der Waals surface area contributed by atoms with Crippen LogP contribution in [0.25, 0.3) is 10.2 Å². The van der Waals surface area contributed by atoms with E-state index in [1.165, 1.54) is 11.3 Å². The fraction of sp³-hybridized carbons (Fsp3) is 0.385. The molecule has 0 aromatic carbocycles. The van der Waals surface area contributed by atoms with Crippen LogP contribution in [0.15, 0.2) is 17.5 Å². The van der Waals surface area contributed by atoms with Gasteiger partial charge in [0.1, 0.15) is 11.4 Å². The lowest BCUT2D eigenvalue weighted by Crippen LogP contribution is -2.66. The summed E-state index contributed by atoms with van der Waals surface area (Å²) in [6, 6.07) is 3.66. The molecule has 98 valence electrons. The van der Waals surface area contributed by atoms with Crippen LogP contribution in [0.4, 0.5) is 5.82 Å². The van der Waals surface area contributed by atoms with E-state index in [1.54, 1.807) is 6.07 Å². The minimum Gasteiger partial charge on any atom is -0.478 e. The molecule has 0 radical (unpaired) electrons. The van der Waals surface area contributed by atoms with Gasteiger partial charge in [0.05, 0.1) is 28.8 Å². The van der Waals surface area contributed by atoms with E-state index in [0.717, 1.165) is 36.5 Å². The molecule has 4 heterocycles. The SMILES string of the molecule is O=C(O)c1cc2sccc2nc1N1CC2(COC2)C1. The van der Waals surface area contributed by atoms with E-state index >= 15 is 0 Å². The van der Waals surface area contributed by atoms with Crippen LogP contribution in [0.1, 0.15) is 10.4 Å². The highest BCUT2D eigenvalue weighted by atomic mass is 32.1. The van der Waals surface area contributed by atoms with Gasteiger partial charge in [0.25, 0.3) is 0 Å². The zero-order chi connectivity index (χ0) is 13.0. The van der Waals surface area contributed by atoms with Crippen LogP contribution in [-0.2, 0) is 4.74 Å². The van der Waals surface area contributed by atoms with Crippen molar-refractivity contribution < 1.29 is 14.6 Å². The van der Waals surface area contributed by atoms with Crippen molar-refractivity contribution in [2.45, 2.75) is 0 Å². The van der Waals surface area contributed by atoms with Gasteiger partial charge < -0.3 is 14.7 Å². The first-order valence-corrected chi connectivity index (χ1v) is 6.99. The molecule has 1 N–H and O–H groups in total. The van der Waals surface area contributed by atoms with Gasteiger partial charge in [-0.05, 0) is 17.5 Å². The van der Waals surface area contributed by atoms with E-state index in [1.807, 2.05) is 16.3 Å². The number of thiophene rings is 1. The Labute approximate surface area is 113 Å². The monoisotopic (exact) mass is 276 g/mol. The van der Waals surface area contributed by atoms with E-state index in [9.17, 15) is 9.90 Å². The molecule has 0 amide bonds. The van der Waals surface area contributed by atoms with Gasteiger partial charge in [0.15, 0.2) is 0 Å². The van der Waals surface area contributed by atoms with Gasteiger partial charge in [-0.25, -0.2) is 9.78 Å². The third kappa shape index (κ3) is 1.56. The molecule has 6 heteroatoms. The molecular weight excluding hydrogens is 264 g/mol. The highest BCUT2D eigenvalue weighted by Crippen LogP contribution is 2.41. The summed E-state index contributed by atoms with van der Waals surface area (Å²) < 4.78 is 6.16. The van der Waals surface area contributed by atoms with Gasteiger partial charge in [-0.1, -0.05) is 0 Å². The topological polar surface area (TPSA) is 62.7 Å². The fourth-order valence-corrected chi connectivity index (χ4v) is 3.53. The Hall–Kier alpha value is -1.66. The third-order valence-corrected chi connectivity index (χ3v) is 4.67. The molecule has 2 saturated heterocycles. The van der Waals surface area contributed by atoms with Gasteiger partial charge in [-0.2, -0.15) is 0 Å². The first-order chi connectivity index (χ1) is 9.17. The van der Waals surface area contributed by atoms with Gasteiger partial charge in [-0.15, -0.1) is 11.3 Å². The zero-order valence-corrected chi connectivity index (χ0v) is 10.9. The summed E-state index contributed by atoms with van der Waals surface area (Å²) in [5, 5.41) is 11.3. The average Bonchev–Trinajstić information content (AvgIpc) is 2.70. The first kappa shape index (κ1) is 11.2. The summed E-state index contributed by atoms with van der Waals surface area (Å²) in [4.78, 5) is 18.0. The average molecular weight is 276 g/mol. The number of anilines is 1. The lowest BCUT2D eigenvalue weighted by Gasteiger charge is -2.55. The second-order valence-corrected chi connectivity index (χ2v) is 6.27. The Morgan fingerprint density at radius 2 is 2.26 bits per heavy atom. The first-order valence-electron chi connectivity index (χ1n) is 6.11. The van der Waals surface area contributed by atoms with Crippen molar-refractivity contribution in [2.75, 3.05) is 31.2 Å². The minimum absolute atomic E-state index is 0.251. The Morgan fingerprint density at radius 3 is 2.89 bits per heavy atom. The molecule has 19 heavy (non-hydrogen) atoms. The normalized spacial score (nSPS) is 20.3. The van der Waals surface area contributed by atoms with E-state index in [4.69, 9.17) is 4.74 Å². The van der Waals surface area contributed by atoms with E-state index < -0.39 is 5.97 Å². The number of fused-ring (bicyclic) bond motifs is 1. The smallest absolute Gasteiger partial charge is 0.339 e. The largest absolute Gasteiger partial charge is 0.478 e. The number of rotatable bonds is 2. The summed E-state index contributed by atoms with van der Waals surface area (Å²) in [6.07, 6.45) is 0. The number of hydrogen-bond donors (Lipinski definition) is 1. The van der Waals surface area contributed by atoms with Crippen LogP contribution in [0, 0.1) is 5.41 Å². The van der Waals surface area contributed by atoms with Gasteiger partial charge in [0, 0.05) is 13.1 Å². The molecule has 2 aliphatic heterocycles. The van der Waals surface area contributed by atoms with Crippen LogP contribution < -0.4 is 4.90 Å². The van der Waals surface area contributed by atoms with Crippen LogP contribution in [-0.4, -0.2) is 42.4 Å². The summed E-state index contributed by atoms with van der Waals surface area (Å²) in [5.74, 6) is -0.320. The summed E-state index contributed by atoms with van der Waals surface area (Å²) in [5.41, 5.74) is 1.42. The molecule has 2 fully saturated rings. The molecule has 2 aromatic heterocycles. The second-order valence-electron chi connectivity index (χ2n) is 5.32. The number of pyridine rings is 1. The Kier molecular flexibility index (Phi) is 2.17. The number of carbonyl (C=O) groups is 1. The molecule has 5 nitrogen and oxygen atoms in total. The summed E-state index contributed by atoms with van der Waals surface area (Å²) in [6.45, 7) is 3.26. The number of carboxylic acid groups (broad SMARTS) is 1. The lowest BCUT2D eigenvalue weighted by molar-refractivity contribution is -0.127. The van der Waals surface area contributed by atoms with E-state index in [2.05, 4.69) is 4.98 Å².